The fourth-order valence-electron chi connectivity index (χ4n) is 4.31. The lowest BCUT2D eigenvalue weighted by Gasteiger charge is -2.43. The number of amides is 3. The lowest BCUT2D eigenvalue weighted by atomic mass is 9.93. The molecule has 0 spiro atoms. The number of hydrogen-bond donors (Lipinski definition) is 3. The van der Waals surface area contributed by atoms with Crippen LogP contribution in [0.2, 0.25) is 0 Å². The first kappa shape index (κ1) is 34.1. The zero-order valence-electron chi connectivity index (χ0n) is 25.9. The third-order valence-corrected chi connectivity index (χ3v) is 6.16. The Bertz CT molecular complexity index is 1210. The maximum atomic E-state index is 14.5. The zero-order chi connectivity index (χ0) is 31.7. The summed E-state index contributed by atoms with van der Waals surface area (Å²) in [7, 11) is 0. The van der Waals surface area contributed by atoms with Gasteiger partial charge in [-0.2, -0.15) is 0 Å². The van der Waals surface area contributed by atoms with E-state index in [2.05, 4.69) is 10.6 Å². The molecule has 2 aromatic rings. The van der Waals surface area contributed by atoms with Crippen LogP contribution < -0.4 is 10.6 Å². The smallest absolute Gasteiger partial charge is 0.408 e. The summed E-state index contributed by atoms with van der Waals surface area (Å²) in [5.41, 5.74) is 0.544. The van der Waals surface area contributed by atoms with Crippen molar-refractivity contribution in [3.05, 3.63) is 65.2 Å². The number of alkyl carbamates (subject to hydrolysis) is 1. The number of aromatic hydroxyl groups is 1. The van der Waals surface area contributed by atoms with E-state index < -0.39 is 47.1 Å². The van der Waals surface area contributed by atoms with E-state index in [-0.39, 0.29) is 31.7 Å². The molecule has 0 aliphatic rings. The Morgan fingerprint density at radius 3 is 2.05 bits per heavy atom. The lowest BCUT2D eigenvalue weighted by Crippen LogP contribution is -2.59. The highest BCUT2D eigenvalue weighted by atomic mass is 16.6. The standard InChI is InChI=1S/C32H45N3O7/c1-9-41-26(37)18-19-33-28(38)27(23-14-10-21(2)11-15-23)35(31(3,4)5)29(39)25(34-30(40)42-32(6,7)8)20-22-12-16-24(36)17-13-22/h10-17,25,27,36H,9,18-20H2,1-8H3,(H,33,38)(H,34,40). The molecule has 2 atom stereocenters. The number of esters is 1. The number of aryl methyl sites for hydroxylation is 1. The summed E-state index contributed by atoms with van der Waals surface area (Å²) >= 11 is 0. The Kier molecular flexibility index (Phi) is 11.9. The molecule has 42 heavy (non-hydrogen) atoms. The number of carbonyl (C=O) groups excluding carboxylic acids is 4. The molecule has 3 amide bonds. The van der Waals surface area contributed by atoms with Crippen molar-refractivity contribution in [2.24, 2.45) is 0 Å². The van der Waals surface area contributed by atoms with Crippen molar-refractivity contribution in [1.82, 2.24) is 15.5 Å². The van der Waals surface area contributed by atoms with Gasteiger partial charge >= 0.3 is 12.1 Å². The molecule has 0 aliphatic carbocycles. The Balaban J connectivity index is 2.54. The topological polar surface area (TPSA) is 134 Å². The van der Waals surface area contributed by atoms with Crippen LogP contribution in [0.4, 0.5) is 4.79 Å². The van der Waals surface area contributed by atoms with Gasteiger partial charge in [0.1, 0.15) is 23.4 Å². The van der Waals surface area contributed by atoms with E-state index in [4.69, 9.17) is 9.47 Å². The molecule has 230 valence electrons. The van der Waals surface area contributed by atoms with E-state index in [1.165, 1.54) is 17.0 Å². The summed E-state index contributed by atoms with van der Waals surface area (Å²) in [4.78, 5) is 54.5. The number of hydrogen-bond acceptors (Lipinski definition) is 7. The minimum Gasteiger partial charge on any atom is -0.508 e. The van der Waals surface area contributed by atoms with Gasteiger partial charge in [-0.05, 0) is 78.6 Å². The molecule has 10 nitrogen and oxygen atoms in total. The molecule has 3 N–H and O–H groups in total. The Hall–Kier alpha value is -4.08. The minimum atomic E-state index is -1.11. The molecule has 2 rings (SSSR count). The summed E-state index contributed by atoms with van der Waals surface area (Å²) in [6, 6.07) is 11.4. The number of phenols is 1. The van der Waals surface area contributed by atoms with Crippen molar-refractivity contribution >= 4 is 23.9 Å². The Labute approximate surface area is 248 Å². The molecular weight excluding hydrogens is 538 g/mol. The van der Waals surface area contributed by atoms with E-state index in [1.54, 1.807) is 52.0 Å². The van der Waals surface area contributed by atoms with Crippen molar-refractivity contribution in [3.8, 4) is 5.75 Å². The highest BCUT2D eigenvalue weighted by Crippen LogP contribution is 2.31. The molecule has 0 saturated carbocycles. The normalized spacial score (nSPS) is 13.0. The lowest BCUT2D eigenvalue weighted by molar-refractivity contribution is -0.149. The van der Waals surface area contributed by atoms with E-state index in [0.717, 1.165) is 5.56 Å². The highest BCUT2D eigenvalue weighted by Gasteiger charge is 2.42. The van der Waals surface area contributed by atoms with Crippen molar-refractivity contribution in [2.45, 2.75) is 91.5 Å². The second kappa shape index (κ2) is 14.7. The number of ether oxygens (including phenoxy) is 2. The molecule has 0 bridgehead atoms. The van der Waals surface area contributed by atoms with Crippen molar-refractivity contribution in [1.29, 1.82) is 0 Å². The number of nitrogens with zero attached hydrogens (tertiary/aromatic N) is 1. The number of phenolic OH excluding ortho intramolecular Hbond substituents is 1. The largest absolute Gasteiger partial charge is 0.508 e. The average molecular weight is 584 g/mol. The third kappa shape index (κ3) is 10.7. The van der Waals surface area contributed by atoms with Gasteiger partial charge in [-0.25, -0.2) is 4.79 Å². The van der Waals surface area contributed by atoms with Crippen LogP contribution in [0.5, 0.6) is 5.75 Å². The van der Waals surface area contributed by atoms with Crippen molar-refractivity contribution in [2.75, 3.05) is 13.2 Å². The molecular formula is C32H45N3O7. The fraction of sp³-hybridized carbons (Fsp3) is 0.500. The van der Waals surface area contributed by atoms with Crippen molar-refractivity contribution < 1.29 is 33.8 Å². The quantitative estimate of drug-likeness (QED) is 0.330. The Morgan fingerprint density at radius 2 is 1.52 bits per heavy atom. The highest BCUT2D eigenvalue weighted by molar-refractivity contribution is 5.93. The monoisotopic (exact) mass is 583 g/mol. The van der Waals surface area contributed by atoms with Crippen LogP contribution in [0.25, 0.3) is 0 Å². The SMILES string of the molecule is CCOC(=O)CCNC(=O)C(c1ccc(C)cc1)N(C(=O)C(Cc1ccc(O)cc1)NC(=O)OC(C)(C)C)C(C)(C)C. The molecule has 0 aliphatic heterocycles. The van der Waals surface area contributed by atoms with Crippen LogP contribution in [-0.4, -0.2) is 64.2 Å². The predicted molar refractivity (Wildman–Crippen MR) is 160 cm³/mol. The summed E-state index contributed by atoms with van der Waals surface area (Å²) in [6.45, 7) is 14.5. The van der Waals surface area contributed by atoms with E-state index in [0.29, 0.717) is 11.1 Å². The van der Waals surface area contributed by atoms with Crippen LogP contribution in [0.1, 0.15) is 77.6 Å². The van der Waals surface area contributed by atoms with Gasteiger partial charge in [-0.1, -0.05) is 42.0 Å². The first-order chi connectivity index (χ1) is 19.5. The van der Waals surface area contributed by atoms with Crippen molar-refractivity contribution in [3.63, 3.8) is 0 Å². The number of rotatable bonds is 11. The number of benzene rings is 2. The molecule has 2 unspecified atom stereocenters. The predicted octanol–water partition coefficient (Wildman–Crippen LogP) is 4.57. The Morgan fingerprint density at radius 1 is 0.929 bits per heavy atom. The van der Waals surface area contributed by atoms with Gasteiger partial charge in [0.25, 0.3) is 0 Å². The average Bonchev–Trinajstić information content (AvgIpc) is 2.86. The van der Waals surface area contributed by atoms with Crippen LogP contribution in [0.3, 0.4) is 0 Å². The van der Waals surface area contributed by atoms with Gasteiger partial charge in [0.05, 0.1) is 13.0 Å². The summed E-state index contributed by atoms with van der Waals surface area (Å²) in [5, 5.41) is 15.2. The van der Waals surface area contributed by atoms with Gasteiger partial charge in [-0.3, -0.25) is 14.4 Å². The van der Waals surface area contributed by atoms with Gasteiger partial charge < -0.3 is 30.1 Å². The molecule has 0 aromatic heterocycles. The van der Waals surface area contributed by atoms with Crippen LogP contribution in [-0.2, 0) is 30.3 Å². The maximum Gasteiger partial charge on any atom is 0.408 e. The fourth-order valence-corrected chi connectivity index (χ4v) is 4.31. The molecule has 0 heterocycles. The van der Waals surface area contributed by atoms with Crippen LogP contribution >= 0.6 is 0 Å². The minimum absolute atomic E-state index is 0.0205. The number of carbonyl (C=O) groups is 4. The number of nitrogens with one attached hydrogen (secondary N) is 2. The van der Waals surface area contributed by atoms with E-state index >= 15 is 0 Å². The first-order valence-electron chi connectivity index (χ1n) is 14.1. The summed E-state index contributed by atoms with van der Waals surface area (Å²) < 4.78 is 10.4. The van der Waals surface area contributed by atoms with Gasteiger partial charge in [-0.15, -0.1) is 0 Å². The summed E-state index contributed by atoms with van der Waals surface area (Å²) in [5.74, 6) is -1.36. The van der Waals surface area contributed by atoms with Crippen LogP contribution in [0, 0.1) is 6.92 Å². The van der Waals surface area contributed by atoms with Gasteiger partial charge in [0.2, 0.25) is 11.8 Å². The third-order valence-electron chi connectivity index (χ3n) is 6.16. The maximum absolute atomic E-state index is 14.5. The van der Waals surface area contributed by atoms with Crippen LogP contribution in [0.15, 0.2) is 48.5 Å². The van der Waals surface area contributed by atoms with Gasteiger partial charge in [0.15, 0.2) is 0 Å². The molecule has 2 aromatic carbocycles. The van der Waals surface area contributed by atoms with E-state index in [1.807, 2.05) is 39.8 Å². The second-order valence-corrected chi connectivity index (χ2v) is 12.1. The first-order valence-corrected chi connectivity index (χ1v) is 14.1. The zero-order valence-corrected chi connectivity index (χ0v) is 25.9. The van der Waals surface area contributed by atoms with E-state index in [9.17, 15) is 24.3 Å². The molecule has 10 heteroatoms. The van der Waals surface area contributed by atoms with Gasteiger partial charge in [0, 0.05) is 18.5 Å². The summed E-state index contributed by atoms with van der Waals surface area (Å²) in [6.07, 6.45) is -0.720. The molecule has 0 radical (unpaired) electrons. The molecule has 0 fully saturated rings. The second-order valence-electron chi connectivity index (χ2n) is 12.1. The molecule has 0 saturated heterocycles.